The van der Waals surface area contributed by atoms with Crippen LogP contribution in [0.5, 0.6) is 11.5 Å². The van der Waals surface area contributed by atoms with E-state index in [2.05, 4.69) is 9.44 Å². The highest BCUT2D eigenvalue weighted by atomic mass is 35.5. The van der Waals surface area contributed by atoms with Gasteiger partial charge in [-0.3, -0.25) is 9.44 Å². The minimum Gasteiger partial charge on any atom is -0.493 e. The Morgan fingerprint density at radius 2 is 1.28 bits per heavy atom. The van der Waals surface area contributed by atoms with Crippen LogP contribution in [0.4, 0.5) is 11.4 Å². The van der Waals surface area contributed by atoms with E-state index < -0.39 is 20.0 Å². The molecule has 0 aliphatic carbocycles. The lowest BCUT2D eigenvalue weighted by atomic mass is 10.3. The van der Waals surface area contributed by atoms with Crippen molar-refractivity contribution in [1.29, 1.82) is 0 Å². The fourth-order valence-corrected chi connectivity index (χ4v) is 5.34. The zero-order valence-corrected chi connectivity index (χ0v) is 19.9. The largest absolute Gasteiger partial charge is 0.493 e. The molecule has 0 atom stereocenters. The maximum absolute atomic E-state index is 12.7. The number of halogens is 2. The number of anilines is 2. The number of hydrogen-bond acceptors (Lipinski definition) is 6. The molecular formula is C20H18Cl2N2O6S2. The molecule has 0 saturated heterocycles. The first kappa shape index (κ1) is 24.0. The summed E-state index contributed by atoms with van der Waals surface area (Å²) < 4.78 is 65.6. The molecule has 0 aromatic heterocycles. The van der Waals surface area contributed by atoms with Crippen LogP contribution in [0.15, 0.2) is 70.5 Å². The molecule has 0 saturated carbocycles. The van der Waals surface area contributed by atoms with Gasteiger partial charge in [-0.2, -0.15) is 0 Å². The Morgan fingerprint density at radius 1 is 0.688 bits per heavy atom. The van der Waals surface area contributed by atoms with Gasteiger partial charge in [0.15, 0.2) is 11.5 Å². The van der Waals surface area contributed by atoms with E-state index >= 15 is 0 Å². The van der Waals surface area contributed by atoms with Gasteiger partial charge in [-0.25, -0.2) is 16.8 Å². The predicted octanol–water partition coefficient (Wildman–Crippen LogP) is 4.61. The Kier molecular flexibility index (Phi) is 7.09. The molecule has 0 amide bonds. The second-order valence-corrected chi connectivity index (χ2v) is 10.6. The molecule has 12 heteroatoms. The van der Waals surface area contributed by atoms with Crippen LogP contribution in [0.25, 0.3) is 0 Å². The summed E-state index contributed by atoms with van der Waals surface area (Å²) in [5.41, 5.74) is 0.331. The molecule has 0 aliphatic heterocycles. The van der Waals surface area contributed by atoms with Crippen molar-refractivity contribution >= 4 is 54.6 Å². The molecule has 3 rings (SSSR count). The van der Waals surface area contributed by atoms with Gasteiger partial charge in [0, 0.05) is 16.8 Å². The first-order chi connectivity index (χ1) is 15.1. The molecular weight excluding hydrogens is 499 g/mol. The maximum atomic E-state index is 12.7. The van der Waals surface area contributed by atoms with Crippen molar-refractivity contribution in [2.24, 2.45) is 0 Å². The maximum Gasteiger partial charge on any atom is 0.262 e. The highest BCUT2D eigenvalue weighted by Crippen LogP contribution is 2.31. The Morgan fingerprint density at radius 3 is 1.88 bits per heavy atom. The molecule has 3 aromatic rings. The van der Waals surface area contributed by atoms with Crippen LogP contribution in [0, 0.1) is 0 Å². The van der Waals surface area contributed by atoms with Gasteiger partial charge in [0.1, 0.15) is 0 Å². The van der Waals surface area contributed by atoms with E-state index in [0.29, 0.717) is 10.8 Å². The minimum atomic E-state index is -3.96. The minimum absolute atomic E-state index is 0.0501. The number of rotatable bonds is 8. The second kappa shape index (κ2) is 9.45. The van der Waals surface area contributed by atoms with Crippen LogP contribution in [-0.4, -0.2) is 31.1 Å². The lowest BCUT2D eigenvalue weighted by molar-refractivity contribution is 0.354. The average molecular weight is 517 g/mol. The summed E-state index contributed by atoms with van der Waals surface area (Å²) in [5.74, 6) is 0.637. The number of methoxy groups -OCH3 is 2. The molecule has 32 heavy (non-hydrogen) atoms. The van der Waals surface area contributed by atoms with Crippen LogP contribution in [0.2, 0.25) is 10.0 Å². The standard InChI is InChI=1S/C20H18Cl2N2O6S2/c1-29-19-10-8-16(12-20(19)30-2)32(27,28)23-14-4-6-15(7-5-14)31(25,26)24-18-9-3-13(21)11-17(18)22/h3-12,23-24H,1-2H3. The summed E-state index contributed by atoms with van der Waals surface area (Å²) in [6, 6.07) is 13.7. The summed E-state index contributed by atoms with van der Waals surface area (Å²) in [6.45, 7) is 0. The van der Waals surface area contributed by atoms with Crippen molar-refractivity contribution in [2.75, 3.05) is 23.7 Å². The van der Waals surface area contributed by atoms with E-state index in [4.69, 9.17) is 32.7 Å². The molecule has 170 valence electrons. The van der Waals surface area contributed by atoms with Gasteiger partial charge in [0.05, 0.1) is 34.7 Å². The number of benzene rings is 3. The van der Waals surface area contributed by atoms with Crippen molar-refractivity contribution < 1.29 is 26.3 Å². The SMILES string of the molecule is COc1ccc(S(=O)(=O)Nc2ccc(S(=O)(=O)Nc3ccc(Cl)cc3Cl)cc2)cc1OC. The Labute approximate surface area is 196 Å². The van der Waals surface area contributed by atoms with Gasteiger partial charge >= 0.3 is 0 Å². The van der Waals surface area contributed by atoms with Gasteiger partial charge in [-0.1, -0.05) is 23.2 Å². The van der Waals surface area contributed by atoms with Gasteiger partial charge in [0.2, 0.25) is 0 Å². The summed E-state index contributed by atoms with van der Waals surface area (Å²) in [7, 11) is -5.09. The third-order valence-corrected chi connectivity index (χ3v) is 7.57. The normalized spacial score (nSPS) is 11.6. The average Bonchev–Trinajstić information content (AvgIpc) is 2.75. The van der Waals surface area contributed by atoms with E-state index in [0.717, 1.165) is 0 Å². The summed E-state index contributed by atoms with van der Waals surface area (Å²) in [6.07, 6.45) is 0. The third-order valence-electron chi connectivity index (χ3n) is 4.26. The van der Waals surface area contributed by atoms with Crippen molar-refractivity contribution in [3.05, 3.63) is 70.7 Å². The first-order valence-corrected chi connectivity index (χ1v) is 12.6. The van der Waals surface area contributed by atoms with Crippen LogP contribution in [0.3, 0.4) is 0 Å². The van der Waals surface area contributed by atoms with Gasteiger partial charge in [0.25, 0.3) is 20.0 Å². The van der Waals surface area contributed by atoms with E-state index in [1.54, 1.807) is 0 Å². The molecule has 0 aliphatic rings. The quantitative estimate of drug-likeness (QED) is 0.452. The molecule has 0 bridgehead atoms. The number of hydrogen-bond donors (Lipinski definition) is 2. The van der Waals surface area contributed by atoms with Crippen LogP contribution >= 0.6 is 23.2 Å². The highest BCUT2D eigenvalue weighted by molar-refractivity contribution is 7.93. The molecule has 3 aromatic carbocycles. The van der Waals surface area contributed by atoms with Gasteiger partial charge in [-0.05, 0) is 54.6 Å². The zero-order valence-electron chi connectivity index (χ0n) is 16.8. The molecule has 0 unspecified atom stereocenters. The van der Waals surface area contributed by atoms with E-state index in [1.807, 2.05) is 0 Å². The lowest BCUT2D eigenvalue weighted by Gasteiger charge is -2.13. The predicted molar refractivity (Wildman–Crippen MR) is 124 cm³/mol. The van der Waals surface area contributed by atoms with Crippen molar-refractivity contribution in [3.63, 3.8) is 0 Å². The Hall–Kier alpha value is -2.66. The lowest BCUT2D eigenvalue weighted by Crippen LogP contribution is -2.15. The van der Waals surface area contributed by atoms with Gasteiger partial charge < -0.3 is 9.47 Å². The van der Waals surface area contributed by atoms with Crippen LogP contribution in [0.1, 0.15) is 0 Å². The van der Waals surface area contributed by atoms with Crippen LogP contribution in [-0.2, 0) is 20.0 Å². The third kappa shape index (κ3) is 5.39. The van der Waals surface area contributed by atoms with E-state index in [9.17, 15) is 16.8 Å². The smallest absolute Gasteiger partial charge is 0.262 e. The second-order valence-electron chi connectivity index (χ2n) is 6.38. The molecule has 0 spiro atoms. The topological polar surface area (TPSA) is 111 Å². The van der Waals surface area contributed by atoms with Crippen molar-refractivity contribution in [2.45, 2.75) is 9.79 Å². The monoisotopic (exact) mass is 516 g/mol. The van der Waals surface area contributed by atoms with Crippen LogP contribution < -0.4 is 18.9 Å². The Balaban J connectivity index is 1.80. The highest BCUT2D eigenvalue weighted by Gasteiger charge is 2.19. The molecule has 0 heterocycles. The molecule has 8 nitrogen and oxygen atoms in total. The first-order valence-electron chi connectivity index (χ1n) is 8.88. The van der Waals surface area contributed by atoms with Crippen molar-refractivity contribution in [3.8, 4) is 11.5 Å². The fraction of sp³-hybridized carbons (Fsp3) is 0.100. The van der Waals surface area contributed by atoms with Crippen molar-refractivity contribution in [1.82, 2.24) is 0 Å². The summed E-state index contributed by atoms with van der Waals surface area (Å²) >= 11 is 11.8. The number of ether oxygens (including phenoxy) is 2. The van der Waals surface area contributed by atoms with E-state index in [1.165, 1.54) is 74.9 Å². The molecule has 2 N–H and O–H groups in total. The summed E-state index contributed by atoms with van der Waals surface area (Å²) in [4.78, 5) is -0.136. The number of nitrogens with one attached hydrogen (secondary N) is 2. The number of sulfonamides is 2. The zero-order chi connectivity index (χ0) is 23.5. The fourth-order valence-electron chi connectivity index (χ4n) is 2.68. The van der Waals surface area contributed by atoms with Gasteiger partial charge in [-0.15, -0.1) is 0 Å². The Bertz CT molecular complexity index is 1350. The van der Waals surface area contributed by atoms with E-state index in [-0.39, 0.29) is 31.9 Å². The summed E-state index contributed by atoms with van der Waals surface area (Å²) in [5, 5.41) is 0.504. The molecule has 0 fully saturated rings. The molecule has 0 radical (unpaired) electrons.